The number of benzene rings is 1. The van der Waals surface area contributed by atoms with Crippen LogP contribution < -0.4 is 5.32 Å². The first kappa shape index (κ1) is 13.2. The van der Waals surface area contributed by atoms with Crippen molar-refractivity contribution in [3.8, 4) is 0 Å². The van der Waals surface area contributed by atoms with Crippen molar-refractivity contribution >= 4 is 17.6 Å². The van der Waals surface area contributed by atoms with Crippen molar-refractivity contribution in [3.63, 3.8) is 0 Å². The average molecular weight is 235 g/mol. The van der Waals surface area contributed by atoms with Gasteiger partial charge in [-0.3, -0.25) is 4.79 Å². The highest BCUT2D eigenvalue weighted by atomic mass is 16.5. The normalized spacial score (nSPS) is 9.82. The number of hydrogen-bond acceptors (Lipinski definition) is 3. The summed E-state index contributed by atoms with van der Waals surface area (Å²) in [6.07, 6.45) is 1.59. The van der Waals surface area contributed by atoms with Crippen molar-refractivity contribution in [2.75, 3.05) is 12.4 Å². The monoisotopic (exact) mass is 235 g/mol. The molecule has 1 aromatic rings. The molecule has 1 aromatic carbocycles. The van der Waals surface area contributed by atoms with Gasteiger partial charge in [0.05, 0.1) is 7.11 Å². The maximum absolute atomic E-state index is 11.5. The number of carbonyl (C=O) groups excluding carboxylic acids is 2. The van der Waals surface area contributed by atoms with Crippen molar-refractivity contribution in [3.05, 3.63) is 29.3 Å². The van der Waals surface area contributed by atoms with E-state index in [-0.39, 0.29) is 0 Å². The van der Waals surface area contributed by atoms with Crippen LogP contribution in [0, 0.1) is 0 Å². The van der Waals surface area contributed by atoms with Gasteiger partial charge >= 0.3 is 11.9 Å². The fourth-order valence-corrected chi connectivity index (χ4v) is 1.66. The lowest BCUT2D eigenvalue weighted by molar-refractivity contribution is -0.150. The molecule has 0 radical (unpaired) electrons. The minimum atomic E-state index is -0.877. The second kappa shape index (κ2) is 6.03. The van der Waals surface area contributed by atoms with Crippen molar-refractivity contribution in [2.24, 2.45) is 0 Å². The summed E-state index contributed by atoms with van der Waals surface area (Å²) in [5.41, 5.74) is 2.76. The molecular weight excluding hydrogens is 218 g/mol. The molecule has 92 valence electrons. The Morgan fingerprint density at radius 1 is 1.18 bits per heavy atom. The highest BCUT2D eigenvalue weighted by Crippen LogP contribution is 2.22. The molecule has 0 fully saturated rings. The van der Waals surface area contributed by atoms with Crippen LogP contribution in [0.25, 0.3) is 0 Å². The summed E-state index contributed by atoms with van der Waals surface area (Å²) in [6, 6.07) is 5.82. The highest BCUT2D eigenvalue weighted by molar-refractivity contribution is 6.37. The molecule has 0 heterocycles. The lowest BCUT2D eigenvalue weighted by atomic mass is 10.0. The maximum Gasteiger partial charge on any atom is 0.396 e. The van der Waals surface area contributed by atoms with Crippen molar-refractivity contribution in [2.45, 2.75) is 26.7 Å². The largest absolute Gasteiger partial charge is 0.462 e. The molecule has 0 aromatic heterocycles. The summed E-state index contributed by atoms with van der Waals surface area (Å²) in [5, 5.41) is 2.62. The van der Waals surface area contributed by atoms with Gasteiger partial charge in [-0.05, 0) is 24.0 Å². The van der Waals surface area contributed by atoms with Gasteiger partial charge in [-0.1, -0.05) is 32.0 Å². The smallest absolute Gasteiger partial charge is 0.396 e. The topological polar surface area (TPSA) is 55.4 Å². The van der Waals surface area contributed by atoms with Crippen LogP contribution in [0.15, 0.2) is 18.2 Å². The van der Waals surface area contributed by atoms with Gasteiger partial charge in [0.15, 0.2) is 0 Å². The number of carbonyl (C=O) groups is 2. The Labute approximate surface area is 101 Å². The molecule has 0 aliphatic heterocycles. The predicted octanol–water partition coefficient (Wildman–Crippen LogP) is 1.92. The second-order valence-corrected chi connectivity index (χ2v) is 3.60. The quantitative estimate of drug-likeness (QED) is 0.643. The lowest BCUT2D eigenvalue weighted by Crippen LogP contribution is -2.25. The van der Waals surface area contributed by atoms with Crippen LogP contribution >= 0.6 is 0 Å². The standard InChI is InChI=1S/C13H17NO3/c1-4-9-7-6-8-10(5-2)11(9)14-12(15)13(16)17-3/h6-8H,4-5H2,1-3H3,(H,14,15). The number of ether oxygens (including phenoxy) is 1. The molecule has 0 spiro atoms. The van der Waals surface area contributed by atoms with E-state index in [2.05, 4.69) is 10.1 Å². The molecular formula is C13H17NO3. The average Bonchev–Trinajstić information content (AvgIpc) is 2.37. The molecule has 1 amide bonds. The Morgan fingerprint density at radius 2 is 1.71 bits per heavy atom. The van der Waals surface area contributed by atoms with Crippen molar-refractivity contribution in [1.29, 1.82) is 0 Å². The third-order valence-corrected chi connectivity index (χ3v) is 2.61. The maximum atomic E-state index is 11.5. The molecule has 17 heavy (non-hydrogen) atoms. The van der Waals surface area contributed by atoms with E-state index >= 15 is 0 Å². The zero-order chi connectivity index (χ0) is 12.8. The van der Waals surface area contributed by atoms with E-state index in [1.54, 1.807) is 0 Å². The predicted molar refractivity (Wildman–Crippen MR) is 65.8 cm³/mol. The molecule has 0 atom stereocenters. The number of nitrogens with one attached hydrogen (secondary N) is 1. The molecule has 1 rings (SSSR count). The molecule has 4 nitrogen and oxygen atoms in total. The Balaban J connectivity index is 3.03. The van der Waals surface area contributed by atoms with Gasteiger partial charge in [0.25, 0.3) is 0 Å². The van der Waals surface area contributed by atoms with Gasteiger partial charge in [-0.2, -0.15) is 0 Å². The van der Waals surface area contributed by atoms with Gasteiger partial charge in [-0.25, -0.2) is 4.79 Å². The number of esters is 1. The number of anilines is 1. The summed E-state index contributed by atoms with van der Waals surface area (Å²) in [7, 11) is 1.19. The van der Waals surface area contributed by atoms with E-state index in [9.17, 15) is 9.59 Å². The van der Waals surface area contributed by atoms with Crippen molar-refractivity contribution < 1.29 is 14.3 Å². The molecule has 0 saturated heterocycles. The summed E-state index contributed by atoms with van der Waals surface area (Å²) < 4.78 is 4.38. The molecule has 1 N–H and O–H groups in total. The fourth-order valence-electron chi connectivity index (χ4n) is 1.66. The number of amides is 1. The highest BCUT2D eigenvalue weighted by Gasteiger charge is 2.16. The van der Waals surface area contributed by atoms with E-state index in [1.165, 1.54) is 7.11 Å². The van der Waals surface area contributed by atoms with Gasteiger partial charge in [0, 0.05) is 5.69 Å². The van der Waals surface area contributed by atoms with E-state index in [0.717, 1.165) is 29.7 Å². The fraction of sp³-hybridized carbons (Fsp3) is 0.385. The second-order valence-electron chi connectivity index (χ2n) is 3.60. The van der Waals surface area contributed by atoms with Gasteiger partial charge in [0.1, 0.15) is 0 Å². The number of aryl methyl sites for hydroxylation is 2. The molecule has 0 aliphatic rings. The number of rotatable bonds is 3. The van der Waals surface area contributed by atoms with E-state index in [4.69, 9.17) is 0 Å². The Hall–Kier alpha value is -1.84. The molecule has 0 saturated carbocycles. The summed E-state index contributed by atoms with van der Waals surface area (Å²) in [4.78, 5) is 22.6. The van der Waals surface area contributed by atoms with Gasteiger partial charge in [0.2, 0.25) is 0 Å². The molecule has 0 aliphatic carbocycles. The van der Waals surface area contributed by atoms with Crippen molar-refractivity contribution in [1.82, 2.24) is 0 Å². The van der Waals surface area contributed by atoms with Crippen LogP contribution in [-0.2, 0) is 27.2 Å². The van der Waals surface area contributed by atoms with Gasteiger partial charge in [-0.15, -0.1) is 0 Å². The molecule has 0 bridgehead atoms. The lowest BCUT2D eigenvalue weighted by Gasteiger charge is -2.13. The third kappa shape index (κ3) is 3.06. The Bertz CT molecular complexity index is 404. The van der Waals surface area contributed by atoms with E-state index in [0.29, 0.717) is 0 Å². The van der Waals surface area contributed by atoms with Gasteiger partial charge < -0.3 is 10.1 Å². The van der Waals surface area contributed by atoms with E-state index in [1.807, 2.05) is 32.0 Å². The summed E-state index contributed by atoms with van der Waals surface area (Å²) in [5.74, 6) is -1.61. The minimum Gasteiger partial charge on any atom is -0.462 e. The number of hydrogen-bond donors (Lipinski definition) is 1. The molecule has 4 heteroatoms. The summed E-state index contributed by atoms with van der Waals surface area (Å²) in [6.45, 7) is 4.01. The van der Waals surface area contributed by atoms with Crippen LogP contribution in [0.1, 0.15) is 25.0 Å². The zero-order valence-corrected chi connectivity index (χ0v) is 10.4. The first-order valence-corrected chi connectivity index (χ1v) is 5.64. The Morgan fingerprint density at radius 3 is 2.12 bits per heavy atom. The van der Waals surface area contributed by atoms with Crippen LogP contribution in [0.4, 0.5) is 5.69 Å². The summed E-state index contributed by atoms with van der Waals surface area (Å²) >= 11 is 0. The van der Waals surface area contributed by atoms with Crippen LogP contribution in [0.3, 0.4) is 0 Å². The van der Waals surface area contributed by atoms with Crippen LogP contribution in [-0.4, -0.2) is 19.0 Å². The first-order valence-electron chi connectivity index (χ1n) is 5.64. The number of para-hydroxylation sites is 1. The van der Waals surface area contributed by atoms with E-state index < -0.39 is 11.9 Å². The first-order chi connectivity index (χ1) is 8.13. The molecule has 0 unspecified atom stereocenters. The van der Waals surface area contributed by atoms with Crippen LogP contribution in [0.2, 0.25) is 0 Å². The van der Waals surface area contributed by atoms with Crippen LogP contribution in [0.5, 0.6) is 0 Å². The zero-order valence-electron chi connectivity index (χ0n) is 10.4. The Kier molecular flexibility index (Phi) is 4.69. The SMILES string of the molecule is CCc1cccc(CC)c1NC(=O)C(=O)OC. The third-order valence-electron chi connectivity index (χ3n) is 2.61. The minimum absolute atomic E-state index is 0.730. The number of methoxy groups -OCH3 is 1.